The standard InChI is InChI=1S/C32H32ClN3O3/c1-35(2)28-17-15-27(16-18-28)34-32(38)31(25-11-13-26(33)14-12-25)36(22-24-9-19-29(39-3)20-10-24)30(37)21-23-7-5-4-6-8-23/h4-20,31H,21-22H2,1-3H3,(H,34,38). The van der Waals surface area contributed by atoms with E-state index in [0.717, 1.165) is 16.8 Å². The van der Waals surface area contributed by atoms with Gasteiger partial charge in [-0.3, -0.25) is 9.59 Å². The molecule has 7 heteroatoms. The number of carbonyl (C=O) groups is 2. The molecule has 0 aliphatic carbocycles. The van der Waals surface area contributed by atoms with Crippen molar-refractivity contribution >= 4 is 34.8 Å². The van der Waals surface area contributed by atoms with E-state index in [-0.39, 0.29) is 24.8 Å². The van der Waals surface area contributed by atoms with Crippen LogP contribution in [-0.4, -0.2) is 37.9 Å². The Balaban J connectivity index is 1.71. The first kappa shape index (κ1) is 27.7. The Labute approximate surface area is 234 Å². The van der Waals surface area contributed by atoms with Crippen molar-refractivity contribution in [2.75, 3.05) is 31.4 Å². The highest BCUT2D eigenvalue weighted by Gasteiger charge is 2.32. The summed E-state index contributed by atoms with van der Waals surface area (Å²) in [5.74, 6) is 0.231. The maximum Gasteiger partial charge on any atom is 0.251 e. The van der Waals surface area contributed by atoms with Crippen LogP contribution < -0.4 is 15.0 Å². The summed E-state index contributed by atoms with van der Waals surface area (Å²) in [6, 6.07) is 30.7. The van der Waals surface area contributed by atoms with E-state index in [4.69, 9.17) is 16.3 Å². The molecule has 4 aromatic rings. The average Bonchev–Trinajstić information content (AvgIpc) is 2.95. The summed E-state index contributed by atoms with van der Waals surface area (Å²) in [4.78, 5) is 31.4. The van der Waals surface area contributed by atoms with Gasteiger partial charge in [0.25, 0.3) is 5.91 Å². The third-order valence-electron chi connectivity index (χ3n) is 6.43. The van der Waals surface area contributed by atoms with Crippen molar-refractivity contribution in [3.63, 3.8) is 0 Å². The highest BCUT2D eigenvalue weighted by atomic mass is 35.5. The number of halogens is 1. The fraction of sp³-hybridized carbons (Fsp3) is 0.188. The molecule has 6 nitrogen and oxygen atoms in total. The molecule has 4 rings (SSSR count). The second-order valence-electron chi connectivity index (χ2n) is 9.42. The summed E-state index contributed by atoms with van der Waals surface area (Å²) < 4.78 is 5.30. The van der Waals surface area contributed by atoms with E-state index in [0.29, 0.717) is 22.0 Å². The van der Waals surface area contributed by atoms with Gasteiger partial charge in [0.15, 0.2) is 0 Å². The van der Waals surface area contributed by atoms with Crippen molar-refractivity contribution in [1.82, 2.24) is 4.90 Å². The van der Waals surface area contributed by atoms with Crippen LogP contribution in [0.3, 0.4) is 0 Å². The summed E-state index contributed by atoms with van der Waals surface area (Å²) >= 11 is 6.18. The van der Waals surface area contributed by atoms with Gasteiger partial charge in [-0.1, -0.05) is 66.2 Å². The summed E-state index contributed by atoms with van der Waals surface area (Å²) in [7, 11) is 5.52. The van der Waals surface area contributed by atoms with Crippen molar-refractivity contribution in [3.05, 3.63) is 125 Å². The number of hydrogen-bond acceptors (Lipinski definition) is 4. The maximum atomic E-state index is 13.9. The lowest BCUT2D eigenvalue weighted by Gasteiger charge is -2.32. The molecule has 2 amide bonds. The van der Waals surface area contributed by atoms with Crippen molar-refractivity contribution in [2.45, 2.75) is 19.0 Å². The third-order valence-corrected chi connectivity index (χ3v) is 6.68. The van der Waals surface area contributed by atoms with Gasteiger partial charge < -0.3 is 19.9 Å². The number of amides is 2. The number of ether oxygens (including phenoxy) is 1. The smallest absolute Gasteiger partial charge is 0.251 e. The Morgan fingerprint density at radius 3 is 2.05 bits per heavy atom. The first-order valence-electron chi connectivity index (χ1n) is 12.6. The average molecular weight is 542 g/mol. The third kappa shape index (κ3) is 7.39. The molecule has 0 heterocycles. The van der Waals surface area contributed by atoms with Crippen LogP contribution in [0.5, 0.6) is 5.75 Å². The molecule has 0 aliphatic rings. The minimum absolute atomic E-state index is 0.159. The lowest BCUT2D eigenvalue weighted by molar-refractivity contribution is -0.139. The van der Waals surface area contributed by atoms with E-state index < -0.39 is 6.04 Å². The Morgan fingerprint density at radius 2 is 1.46 bits per heavy atom. The predicted molar refractivity (Wildman–Crippen MR) is 157 cm³/mol. The van der Waals surface area contributed by atoms with E-state index in [1.54, 1.807) is 36.3 Å². The van der Waals surface area contributed by atoms with Gasteiger partial charge in [-0.05, 0) is 65.2 Å². The number of methoxy groups -OCH3 is 1. The highest BCUT2D eigenvalue weighted by molar-refractivity contribution is 6.30. The van der Waals surface area contributed by atoms with Crippen LogP contribution in [0.1, 0.15) is 22.7 Å². The van der Waals surface area contributed by atoms with Gasteiger partial charge >= 0.3 is 0 Å². The molecule has 39 heavy (non-hydrogen) atoms. The SMILES string of the molecule is COc1ccc(CN(C(=O)Cc2ccccc2)C(C(=O)Nc2ccc(N(C)C)cc2)c2ccc(Cl)cc2)cc1. The Hall–Kier alpha value is -4.29. The lowest BCUT2D eigenvalue weighted by atomic mass is 10.0. The molecule has 0 spiro atoms. The van der Waals surface area contributed by atoms with Gasteiger partial charge in [-0.15, -0.1) is 0 Å². The molecule has 0 fully saturated rings. The zero-order valence-corrected chi connectivity index (χ0v) is 23.1. The molecule has 0 aromatic heterocycles. The number of rotatable bonds is 10. The molecule has 1 atom stereocenters. The molecule has 0 aliphatic heterocycles. The van der Waals surface area contributed by atoms with Gasteiger partial charge in [0.1, 0.15) is 11.8 Å². The van der Waals surface area contributed by atoms with E-state index in [1.165, 1.54) is 0 Å². The summed E-state index contributed by atoms with van der Waals surface area (Å²) in [6.07, 6.45) is 0.159. The molecule has 1 N–H and O–H groups in total. The predicted octanol–water partition coefficient (Wildman–Crippen LogP) is 6.37. The molecule has 0 radical (unpaired) electrons. The van der Waals surface area contributed by atoms with Gasteiger partial charge in [0, 0.05) is 37.0 Å². The summed E-state index contributed by atoms with van der Waals surface area (Å²) in [5, 5.41) is 3.57. The number of anilines is 2. The van der Waals surface area contributed by atoms with Crippen LogP contribution in [0.2, 0.25) is 5.02 Å². The van der Waals surface area contributed by atoms with Crippen LogP contribution in [-0.2, 0) is 22.6 Å². The highest BCUT2D eigenvalue weighted by Crippen LogP contribution is 2.28. The fourth-order valence-corrected chi connectivity index (χ4v) is 4.42. The first-order chi connectivity index (χ1) is 18.8. The normalized spacial score (nSPS) is 11.4. The molecule has 1 unspecified atom stereocenters. The number of nitrogens with one attached hydrogen (secondary N) is 1. The van der Waals surface area contributed by atoms with Gasteiger partial charge in [0.05, 0.1) is 13.5 Å². The largest absolute Gasteiger partial charge is 0.497 e. The van der Waals surface area contributed by atoms with Crippen molar-refractivity contribution in [2.24, 2.45) is 0 Å². The molecule has 200 valence electrons. The number of benzene rings is 4. The lowest BCUT2D eigenvalue weighted by Crippen LogP contribution is -2.41. The minimum atomic E-state index is -0.894. The maximum absolute atomic E-state index is 13.9. The Kier molecular flexibility index (Phi) is 9.23. The van der Waals surface area contributed by atoms with Crippen molar-refractivity contribution < 1.29 is 14.3 Å². The van der Waals surface area contributed by atoms with Crippen LogP contribution in [0.25, 0.3) is 0 Å². The van der Waals surface area contributed by atoms with Gasteiger partial charge in [-0.25, -0.2) is 0 Å². The van der Waals surface area contributed by atoms with E-state index in [2.05, 4.69) is 5.32 Å². The number of carbonyl (C=O) groups excluding carboxylic acids is 2. The fourth-order valence-electron chi connectivity index (χ4n) is 4.29. The zero-order valence-electron chi connectivity index (χ0n) is 22.3. The van der Waals surface area contributed by atoms with E-state index >= 15 is 0 Å². The van der Waals surface area contributed by atoms with Crippen molar-refractivity contribution in [3.8, 4) is 5.75 Å². The quantitative estimate of drug-likeness (QED) is 0.253. The Bertz CT molecular complexity index is 1370. The number of nitrogens with zero attached hydrogens (tertiary/aromatic N) is 2. The van der Waals surface area contributed by atoms with Crippen LogP contribution in [0.4, 0.5) is 11.4 Å². The summed E-state index contributed by atoms with van der Waals surface area (Å²) in [6.45, 7) is 0.232. The molecule has 4 aromatic carbocycles. The van der Waals surface area contributed by atoms with Crippen LogP contribution in [0.15, 0.2) is 103 Å². The van der Waals surface area contributed by atoms with E-state index in [1.807, 2.05) is 97.9 Å². The summed E-state index contributed by atoms with van der Waals surface area (Å²) in [5.41, 5.74) is 4.07. The second-order valence-corrected chi connectivity index (χ2v) is 9.85. The molecule has 0 saturated heterocycles. The number of hydrogen-bond donors (Lipinski definition) is 1. The van der Waals surface area contributed by atoms with E-state index in [9.17, 15) is 9.59 Å². The monoisotopic (exact) mass is 541 g/mol. The second kappa shape index (κ2) is 13.0. The Morgan fingerprint density at radius 1 is 0.821 bits per heavy atom. The van der Waals surface area contributed by atoms with Crippen LogP contribution >= 0.6 is 11.6 Å². The van der Waals surface area contributed by atoms with Crippen LogP contribution in [0, 0.1) is 0 Å². The van der Waals surface area contributed by atoms with Crippen molar-refractivity contribution in [1.29, 1.82) is 0 Å². The molecular formula is C32H32ClN3O3. The molecule has 0 bridgehead atoms. The topological polar surface area (TPSA) is 61.9 Å². The zero-order chi connectivity index (χ0) is 27.8. The van der Waals surface area contributed by atoms with Gasteiger partial charge in [0.2, 0.25) is 5.91 Å². The van der Waals surface area contributed by atoms with Gasteiger partial charge in [-0.2, -0.15) is 0 Å². The minimum Gasteiger partial charge on any atom is -0.497 e. The molecule has 0 saturated carbocycles. The molecular weight excluding hydrogens is 510 g/mol. The first-order valence-corrected chi connectivity index (χ1v) is 13.0.